The second-order valence-electron chi connectivity index (χ2n) is 8.31. The highest BCUT2D eigenvalue weighted by molar-refractivity contribution is 5.78. The molecule has 1 aromatic heterocycles. The van der Waals surface area contributed by atoms with Crippen molar-refractivity contribution in [3.63, 3.8) is 0 Å². The Labute approximate surface area is 157 Å². The quantitative estimate of drug-likeness (QED) is 0.797. The van der Waals surface area contributed by atoms with Gasteiger partial charge in [0.1, 0.15) is 6.33 Å². The van der Waals surface area contributed by atoms with Gasteiger partial charge in [-0.2, -0.15) is 0 Å². The van der Waals surface area contributed by atoms with E-state index in [9.17, 15) is 4.79 Å². The summed E-state index contributed by atoms with van der Waals surface area (Å²) in [5.41, 5.74) is 0. The maximum atomic E-state index is 13.0. The Hall–Kier alpha value is -1.47. The molecule has 0 spiro atoms. The molecule has 0 bridgehead atoms. The molecule has 7 nitrogen and oxygen atoms in total. The number of aromatic nitrogens is 3. The van der Waals surface area contributed by atoms with Crippen LogP contribution >= 0.6 is 0 Å². The van der Waals surface area contributed by atoms with Crippen LogP contribution in [-0.4, -0.2) is 81.7 Å². The third-order valence-corrected chi connectivity index (χ3v) is 5.96. The second-order valence-corrected chi connectivity index (χ2v) is 8.31. The van der Waals surface area contributed by atoms with Crippen LogP contribution in [0.15, 0.2) is 6.33 Å². The summed E-state index contributed by atoms with van der Waals surface area (Å²) in [7, 11) is 4.10. The number of amides is 1. The number of carbonyl (C=O) groups is 1. The molecule has 2 aliphatic rings. The maximum Gasteiger partial charge on any atom is 0.227 e. The monoisotopic (exact) mass is 362 g/mol. The summed E-state index contributed by atoms with van der Waals surface area (Å²) in [4.78, 5) is 19.8. The van der Waals surface area contributed by atoms with Gasteiger partial charge in [0.2, 0.25) is 5.91 Å². The molecule has 7 heteroatoms. The molecule has 0 N–H and O–H groups in total. The van der Waals surface area contributed by atoms with Crippen molar-refractivity contribution in [2.45, 2.75) is 58.2 Å². The summed E-state index contributed by atoms with van der Waals surface area (Å²) < 4.78 is 2.04. The molecule has 2 aliphatic heterocycles. The molecular formula is C19H34N6O. The number of nitrogens with zero attached hydrogens (tertiary/aromatic N) is 6. The third-order valence-electron chi connectivity index (χ3n) is 5.96. The van der Waals surface area contributed by atoms with Gasteiger partial charge in [0.25, 0.3) is 0 Å². The van der Waals surface area contributed by atoms with Gasteiger partial charge in [0, 0.05) is 25.7 Å². The fourth-order valence-corrected chi connectivity index (χ4v) is 4.31. The van der Waals surface area contributed by atoms with Crippen LogP contribution < -0.4 is 0 Å². The number of piperidine rings is 2. The molecule has 2 fully saturated rings. The van der Waals surface area contributed by atoms with Crippen LogP contribution in [0.3, 0.4) is 0 Å². The van der Waals surface area contributed by atoms with Crippen molar-refractivity contribution in [3.05, 3.63) is 12.2 Å². The predicted molar refractivity (Wildman–Crippen MR) is 102 cm³/mol. The van der Waals surface area contributed by atoms with Gasteiger partial charge in [-0.1, -0.05) is 0 Å². The fourth-order valence-electron chi connectivity index (χ4n) is 4.31. The molecule has 0 radical (unpaired) electrons. The molecule has 0 aliphatic carbocycles. The SMILES string of the molecule is CC(C)n1cnnc1CN(C)C(=O)[C@H]1CCCN(C2CCN(C)CC2)C1. The van der Waals surface area contributed by atoms with Crippen molar-refractivity contribution in [1.29, 1.82) is 0 Å². The number of hydrogen-bond donors (Lipinski definition) is 0. The summed E-state index contributed by atoms with van der Waals surface area (Å²) in [6.45, 7) is 9.14. The first-order chi connectivity index (χ1) is 12.5. The standard InChI is InChI=1S/C19H34N6O/c1-15(2)25-14-20-21-18(25)13-23(4)19(26)16-6-5-9-24(12-16)17-7-10-22(3)11-8-17/h14-17H,5-13H2,1-4H3/t16-/m0/s1. The van der Waals surface area contributed by atoms with Crippen molar-refractivity contribution in [2.24, 2.45) is 5.92 Å². The van der Waals surface area contributed by atoms with Gasteiger partial charge in [-0.3, -0.25) is 9.69 Å². The van der Waals surface area contributed by atoms with Gasteiger partial charge < -0.3 is 14.4 Å². The van der Waals surface area contributed by atoms with Crippen LogP contribution in [0, 0.1) is 5.92 Å². The first-order valence-corrected chi connectivity index (χ1v) is 10.0. The van der Waals surface area contributed by atoms with Crippen LogP contribution in [0.5, 0.6) is 0 Å². The van der Waals surface area contributed by atoms with E-state index in [1.165, 1.54) is 25.9 Å². The molecule has 0 aromatic carbocycles. The Morgan fingerprint density at radius 3 is 2.69 bits per heavy atom. The molecule has 146 valence electrons. The molecule has 0 saturated carbocycles. The molecule has 2 saturated heterocycles. The highest BCUT2D eigenvalue weighted by Crippen LogP contribution is 2.25. The molecular weight excluding hydrogens is 328 g/mol. The lowest BCUT2D eigenvalue weighted by molar-refractivity contribution is -0.137. The zero-order valence-electron chi connectivity index (χ0n) is 16.8. The van der Waals surface area contributed by atoms with E-state index in [0.29, 0.717) is 18.6 Å². The Morgan fingerprint density at radius 2 is 2.00 bits per heavy atom. The lowest BCUT2D eigenvalue weighted by atomic mass is 9.93. The fraction of sp³-hybridized carbons (Fsp3) is 0.842. The van der Waals surface area contributed by atoms with E-state index in [4.69, 9.17) is 0 Å². The Kier molecular flexibility index (Phi) is 6.29. The van der Waals surface area contributed by atoms with Crippen LogP contribution in [0.1, 0.15) is 51.4 Å². The second kappa shape index (κ2) is 8.48. The summed E-state index contributed by atoms with van der Waals surface area (Å²) in [5, 5.41) is 8.21. The number of hydrogen-bond acceptors (Lipinski definition) is 5. The van der Waals surface area contributed by atoms with E-state index in [1.54, 1.807) is 6.33 Å². The predicted octanol–water partition coefficient (Wildman–Crippen LogP) is 1.62. The molecule has 3 heterocycles. The minimum atomic E-state index is 0.115. The summed E-state index contributed by atoms with van der Waals surface area (Å²) in [5.74, 6) is 1.23. The lowest BCUT2D eigenvalue weighted by Gasteiger charge is -2.41. The van der Waals surface area contributed by atoms with Gasteiger partial charge in [-0.15, -0.1) is 10.2 Å². The average Bonchev–Trinajstić information content (AvgIpc) is 3.10. The van der Waals surface area contributed by atoms with E-state index in [0.717, 1.165) is 31.8 Å². The summed E-state index contributed by atoms with van der Waals surface area (Å²) >= 11 is 0. The van der Waals surface area contributed by atoms with Crippen LogP contribution in [0.2, 0.25) is 0 Å². The molecule has 1 amide bonds. The van der Waals surface area contributed by atoms with Crippen LogP contribution in [-0.2, 0) is 11.3 Å². The zero-order chi connectivity index (χ0) is 18.7. The van der Waals surface area contributed by atoms with E-state index in [-0.39, 0.29) is 11.8 Å². The largest absolute Gasteiger partial charge is 0.338 e. The first-order valence-electron chi connectivity index (χ1n) is 10.0. The molecule has 1 atom stereocenters. The Balaban J connectivity index is 1.57. The van der Waals surface area contributed by atoms with Gasteiger partial charge in [-0.25, -0.2) is 0 Å². The summed E-state index contributed by atoms with van der Waals surface area (Å²) in [6.07, 6.45) is 6.33. The Bertz CT molecular complexity index is 593. The molecule has 3 rings (SSSR count). The van der Waals surface area contributed by atoms with Crippen LogP contribution in [0.4, 0.5) is 0 Å². The van der Waals surface area contributed by atoms with Crippen molar-refractivity contribution >= 4 is 5.91 Å². The highest BCUT2D eigenvalue weighted by Gasteiger charge is 2.32. The van der Waals surface area contributed by atoms with Gasteiger partial charge in [-0.05, 0) is 66.2 Å². The average molecular weight is 363 g/mol. The third kappa shape index (κ3) is 4.43. The minimum absolute atomic E-state index is 0.115. The van der Waals surface area contributed by atoms with Crippen molar-refractivity contribution in [2.75, 3.05) is 40.3 Å². The minimum Gasteiger partial charge on any atom is -0.338 e. The van der Waals surface area contributed by atoms with E-state index >= 15 is 0 Å². The van der Waals surface area contributed by atoms with Crippen molar-refractivity contribution in [1.82, 2.24) is 29.5 Å². The van der Waals surface area contributed by atoms with Crippen molar-refractivity contribution in [3.8, 4) is 0 Å². The topological polar surface area (TPSA) is 57.5 Å². The number of rotatable bonds is 5. The zero-order valence-corrected chi connectivity index (χ0v) is 16.8. The van der Waals surface area contributed by atoms with Gasteiger partial charge >= 0.3 is 0 Å². The van der Waals surface area contributed by atoms with Crippen LogP contribution in [0.25, 0.3) is 0 Å². The van der Waals surface area contributed by atoms with Crippen molar-refractivity contribution < 1.29 is 4.79 Å². The maximum absolute atomic E-state index is 13.0. The summed E-state index contributed by atoms with van der Waals surface area (Å²) in [6, 6.07) is 0.953. The van der Waals surface area contributed by atoms with Gasteiger partial charge in [0.15, 0.2) is 5.82 Å². The number of likely N-dealkylation sites (tertiary alicyclic amines) is 2. The van der Waals surface area contributed by atoms with E-state index in [2.05, 4.69) is 40.9 Å². The molecule has 1 aromatic rings. The smallest absolute Gasteiger partial charge is 0.227 e. The molecule has 26 heavy (non-hydrogen) atoms. The van der Waals surface area contributed by atoms with E-state index < -0.39 is 0 Å². The highest BCUT2D eigenvalue weighted by atomic mass is 16.2. The normalized spacial score (nSPS) is 23.5. The van der Waals surface area contributed by atoms with E-state index in [1.807, 2.05) is 16.5 Å². The molecule has 0 unspecified atom stereocenters. The number of carbonyl (C=O) groups excluding carboxylic acids is 1. The Morgan fingerprint density at radius 1 is 1.27 bits per heavy atom. The van der Waals surface area contributed by atoms with Gasteiger partial charge in [0.05, 0.1) is 12.5 Å². The first kappa shape index (κ1) is 19.3. The lowest BCUT2D eigenvalue weighted by Crippen LogP contribution is -2.50.